The van der Waals surface area contributed by atoms with E-state index >= 15 is 0 Å². The highest BCUT2D eigenvalue weighted by Crippen LogP contribution is 2.23. The molecule has 0 aliphatic heterocycles. The number of carbonyl (C=O) groups is 1. The molecule has 0 fully saturated rings. The Bertz CT molecular complexity index is 933. The first kappa shape index (κ1) is 17.8. The van der Waals surface area contributed by atoms with Gasteiger partial charge >= 0.3 is 0 Å². The summed E-state index contributed by atoms with van der Waals surface area (Å²) in [6.45, 7) is 1.36. The number of rotatable bonds is 8. The Morgan fingerprint density at radius 2 is 2.12 bits per heavy atom. The maximum Gasteiger partial charge on any atom is 0.299 e. The quantitative estimate of drug-likeness (QED) is 0.616. The lowest BCUT2D eigenvalue weighted by Gasteiger charge is -2.06. The smallest absolute Gasteiger partial charge is 0.299 e. The Morgan fingerprint density at radius 1 is 1.31 bits per heavy atom. The van der Waals surface area contributed by atoms with E-state index in [1.54, 1.807) is 7.11 Å². The molecule has 2 aromatic heterocycles. The molecule has 0 bridgehead atoms. The molecule has 0 unspecified atom stereocenters. The standard InChI is InChI=1S/C18H20N4O4/c1-25-11-5-9-19-14(23)8-10-22-12-20-16-15(13-6-3-2-4-7-13)21-26-17(16)18(22)24/h2-4,6-7,12H,5,8-11H2,1H3,(H,19,23). The third kappa shape index (κ3) is 3.97. The van der Waals surface area contributed by atoms with Gasteiger partial charge in [-0.3, -0.25) is 14.2 Å². The van der Waals surface area contributed by atoms with Crippen molar-refractivity contribution in [3.63, 3.8) is 0 Å². The molecule has 1 amide bonds. The van der Waals surface area contributed by atoms with Gasteiger partial charge in [0.25, 0.3) is 11.1 Å². The van der Waals surface area contributed by atoms with Crippen LogP contribution in [0.1, 0.15) is 12.8 Å². The summed E-state index contributed by atoms with van der Waals surface area (Å²) in [6, 6.07) is 9.40. The first-order valence-electron chi connectivity index (χ1n) is 8.36. The van der Waals surface area contributed by atoms with E-state index in [9.17, 15) is 9.59 Å². The lowest BCUT2D eigenvalue weighted by molar-refractivity contribution is -0.121. The molecule has 0 aliphatic carbocycles. The summed E-state index contributed by atoms with van der Waals surface area (Å²) in [7, 11) is 1.62. The molecule has 8 nitrogen and oxygen atoms in total. The summed E-state index contributed by atoms with van der Waals surface area (Å²) in [5.74, 6) is -0.129. The molecule has 0 saturated heterocycles. The summed E-state index contributed by atoms with van der Waals surface area (Å²) in [6.07, 6.45) is 2.35. The van der Waals surface area contributed by atoms with Crippen molar-refractivity contribution in [1.82, 2.24) is 20.0 Å². The van der Waals surface area contributed by atoms with Gasteiger partial charge in [0.15, 0.2) is 0 Å². The molecule has 1 aromatic carbocycles. The maximum absolute atomic E-state index is 12.5. The van der Waals surface area contributed by atoms with E-state index in [4.69, 9.17) is 9.26 Å². The van der Waals surface area contributed by atoms with Gasteiger partial charge in [0.1, 0.15) is 11.2 Å². The largest absolute Gasteiger partial charge is 0.385 e. The van der Waals surface area contributed by atoms with Gasteiger partial charge in [0.05, 0.1) is 6.33 Å². The van der Waals surface area contributed by atoms with E-state index in [1.807, 2.05) is 30.3 Å². The Hall–Kier alpha value is -3.00. The van der Waals surface area contributed by atoms with E-state index in [0.717, 1.165) is 12.0 Å². The lowest BCUT2D eigenvalue weighted by atomic mass is 10.1. The van der Waals surface area contributed by atoms with Crippen LogP contribution in [0.3, 0.4) is 0 Å². The van der Waals surface area contributed by atoms with E-state index in [0.29, 0.717) is 24.4 Å². The number of hydrogen-bond donors (Lipinski definition) is 1. The summed E-state index contributed by atoms with van der Waals surface area (Å²) >= 11 is 0. The molecule has 3 aromatic rings. The van der Waals surface area contributed by atoms with E-state index in [2.05, 4.69) is 15.5 Å². The molecule has 3 rings (SSSR count). The van der Waals surface area contributed by atoms with Crippen LogP contribution < -0.4 is 10.9 Å². The Kier molecular flexibility index (Phi) is 5.75. The third-order valence-corrected chi connectivity index (χ3v) is 3.92. The van der Waals surface area contributed by atoms with Crippen molar-refractivity contribution in [3.05, 3.63) is 47.0 Å². The van der Waals surface area contributed by atoms with Crippen LogP contribution in [-0.4, -0.2) is 40.9 Å². The number of benzene rings is 1. The first-order chi connectivity index (χ1) is 12.7. The van der Waals surface area contributed by atoms with Crippen LogP contribution in [0.25, 0.3) is 22.4 Å². The predicted octanol–water partition coefficient (Wildman–Crippen LogP) is 1.59. The van der Waals surface area contributed by atoms with Crippen molar-refractivity contribution in [3.8, 4) is 11.3 Å². The van der Waals surface area contributed by atoms with Gasteiger partial charge in [-0.1, -0.05) is 35.5 Å². The van der Waals surface area contributed by atoms with Crippen LogP contribution in [0.4, 0.5) is 0 Å². The van der Waals surface area contributed by atoms with Gasteiger partial charge in [0.2, 0.25) is 5.91 Å². The number of aryl methyl sites for hydroxylation is 1. The second-order valence-corrected chi connectivity index (χ2v) is 5.76. The Labute approximate surface area is 149 Å². The SMILES string of the molecule is COCCCNC(=O)CCn1cnc2c(-c3ccccc3)noc2c1=O. The number of aromatic nitrogens is 3. The highest BCUT2D eigenvalue weighted by atomic mass is 16.5. The number of carbonyl (C=O) groups excluding carboxylic acids is 1. The van der Waals surface area contributed by atoms with Gasteiger partial charge in [-0.25, -0.2) is 4.98 Å². The summed E-state index contributed by atoms with van der Waals surface area (Å²) < 4.78 is 11.5. The molecule has 0 atom stereocenters. The van der Waals surface area contributed by atoms with Crippen LogP contribution in [0.5, 0.6) is 0 Å². The zero-order valence-electron chi connectivity index (χ0n) is 14.5. The Balaban J connectivity index is 1.70. The van der Waals surface area contributed by atoms with Gasteiger partial charge in [-0.05, 0) is 6.42 Å². The van der Waals surface area contributed by atoms with Gasteiger partial charge in [-0.15, -0.1) is 0 Å². The first-order valence-corrected chi connectivity index (χ1v) is 8.36. The topological polar surface area (TPSA) is 99.2 Å². The van der Waals surface area contributed by atoms with E-state index in [-0.39, 0.29) is 30.0 Å². The van der Waals surface area contributed by atoms with Crippen molar-refractivity contribution in [1.29, 1.82) is 0 Å². The lowest BCUT2D eigenvalue weighted by Crippen LogP contribution is -2.28. The van der Waals surface area contributed by atoms with Crippen LogP contribution in [0.15, 0.2) is 46.0 Å². The third-order valence-electron chi connectivity index (χ3n) is 3.92. The summed E-state index contributed by atoms with van der Waals surface area (Å²) in [5.41, 5.74) is 1.51. The second-order valence-electron chi connectivity index (χ2n) is 5.76. The molecule has 0 saturated carbocycles. The molecule has 26 heavy (non-hydrogen) atoms. The fourth-order valence-electron chi connectivity index (χ4n) is 2.56. The molecular formula is C18H20N4O4. The molecule has 0 aliphatic rings. The van der Waals surface area contributed by atoms with Gasteiger partial charge < -0.3 is 14.6 Å². The molecule has 1 N–H and O–H groups in total. The van der Waals surface area contributed by atoms with Crippen LogP contribution in [0.2, 0.25) is 0 Å². The van der Waals surface area contributed by atoms with Crippen molar-refractivity contribution in [2.24, 2.45) is 0 Å². The molecule has 2 heterocycles. The molecule has 136 valence electrons. The monoisotopic (exact) mass is 356 g/mol. The highest BCUT2D eigenvalue weighted by Gasteiger charge is 2.16. The van der Waals surface area contributed by atoms with E-state index < -0.39 is 0 Å². The normalized spacial score (nSPS) is 11.0. The van der Waals surface area contributed by atoms with Crippen molar-refractivity contribution < 1.29 is 14.1 Å². The Morgan fingerprint density at radius 3 is 2.88 bits per heavy atom. The minimum absolute atomic E-state index is 0.0897. The highest BCUT2D eigenvalue weighted by molar-refractivity contribution is 5.87. The fraction of sp³-hybridized carbons (Fsp3) is 0.333. The van der Waals surface area contributed by atoms with Gasteiger partial charge in [-0.2, -0.15) is 0 Å². The number of methoxy groups -OCH3 is 1. The zero-order valence-corrected chi connectivity index (χ0v) is 14.5. The van der Waals surface area contributed by atoms with Crippen molar-refractivity contribution in [2.75, 3.05) is 20.3 Å². The van der Waals surface area contributed by atoms with Gasteiger partial charge in [0, 0.05) is 38.8 Å². The molecule has 0 radical (unpaired) electrons. The maximum atomic E-state index is 12.5. The summed E-state index contributed by atoms with van der Waals surface area (Å²) in [5, 5.41) is 6.76. The number of hydrogen-bond acceptors (Lipinski definition) is 6. The van der Waals surface area contributed by atoms with E-state index in [1.165, 1.54) is 10.9 Å². The average Bonchev–Trinajstić information content (AvgIpc) is 3.10. The second kappa shape index (κ2) is 8.39. The van der Waals surface area contributed by atoms with Crippen molar-refractivity contribution in [2.45, 2.75) is 19.4 Å². The van der Waals surface area contributed by atoms with Crippen molar-refractivity contribution >= 4 is 17.0 Å². The average molecular weight is 356 g/mol. The zero-order chi connectivity index (χ0) is 18.4. The minimum Gasteiger partial charge on any atom is -0.385 e. The number of nitrogens with one attached hydrogen (secondary N) is 1. The molecule has 0 spiro atoms. The van der Waals surface area contributed by atoms with Crippen LogP contribution >= 0.6 is 0 Å². The number of amides is 1. The van der Waals surface area contributed by atoms with Crippen LogP contribution in [0, 0.1) is 0 Å². The predicted molar refractivity (Wildman–Crippen MR) is 95.6 cm³/mol. The minimum atomic E-state index is -0.350. The number of ether oxygens (including phenoxy) is 1. The number of nitrogens with zero attached hydrogens (tertiary/aromatic N) is 3. The van der Waals surface area contributed by atoms with Crippen LogP contribution in [-0.2, 0) is 16.1 Å². The number of fused-ring (bicyclic) bond motifs is 1. The molecule has 8 heteroatoms. The fourth-order valence-corrected chi connectivity index (χ4v) is 2.56. The molecular weight excluding hydrogens is 336 g/mol. The summed E-state index contributed by atoms with van der Waals surface area (Å²) in [4.78, 5) is 28.6.